The van der Waals surface area contributed by atoms with E-state index in [0.717, 1.165) is 15.8 Å². The number of hydrogen-bond acceptors (Lipinski definition) is 5. The Hall–Kier alpha value is -1.05. The van der Waals surface area contributed by atoms with E-state index in [1.807, 2.05) is 23.6 Å². The number of thiophene rings is 1. The average molecular weight is 341 g/mol. The summed E-state index contributed by atoms with van der Waals surface area (Å²) < 4.78 is 24.9. The van der Waals surface area contributed by atoms with Gasteiger partial charge in [-0.15, -0.1) is 11.3 Å². The Morgan fingerprint density at radius 2 is 2.14 bits per heavy atom. The standard InChI is InChI=1S/C14H15NO3S3/c1-21(17,18)13-9-19-7-5-15(13)14(16)11-2-3-12-10(8-11)4-6-20-12/h2-4,6,8,13H,5,7,9H2,1H3/t13-/m1/s1. The number of fused-ring (bicyclic) bond motifs is 1. The van der Waals surface area contributed by atoms with Gasteiger partial charge in [0.15, 0.2) is 9.84 Å². The monoisotopic (exact) mass is 341 g/mol. The third-order valence-electron chi connectivity index (χ3n) is 3.54. The van der Waals surface area contributed by atoms with E-state index in [1.165, 1.54) is 11.2 Å². The van der Waals surface area contributed by atoms with Crippen LogP contribution in [0.1, 0.15) is 10.4 Å². The average Bonchev–Trinajstić information content (AvgIpc) is 2.93. The Labute approximate surface area is 132 Å². The van der Waals surface area contributed by atoms with Crippen molar-refractivity contribution in [3.8, 4) is 0 Å². The number of nitrogens with zero attached hydrogens (tertiary/aromatic N) is 1. The first-order chi connectivity index (χ1) is 9.97. The predicted molar refractivity (Wildman–Crippen MR) is 88.8 cm³/mol. The van der Waals surface area contributed by atoms with Gasteiger partial charge in [-0.3, -0.25) is 4.79 Å². The van der Waals surface area contributed by atoms with Crippen LogP contribution < -0.4 is 0 Å². The maximum atomic E-state index is 12.7. The molecule has 0 unspecified atom stereocenters. The van der Waals surface area contributed by atoms with Gasteiger partial charge in [0.05, 0.1) is 0 Å². The molecule has 1 aliphatic heterocycles. The molecule has 0 radical (unpaired) electrons. The molecule has 1 amide bonds. The highest BCUT2D eigenvalue weighted by molar-refractivity contribution is 8.00. The molecule has 1 saturated heterocycles. The van der Waals surface area contributed by atoms with Crippen LogP contribution in [0.2, 0.25) is 0 Å². The van der Waals surface area contributed by atoms with Crippen molar-refractivity contribution in [2.24, 2.45) is 0 Å². The number of hydrogen-bond donors (Lipinski definition) is 0. The highest BCUT2D eigenvalue weighted by Crippen LogP contribution is 2.25. The summed E-state index contributed by atoms with van der Waals surface area (Å²) in [6.45, 7) is 0.475. The maximum absolute atomic E-state index is 12.7. The minimum absolute atomic E-state index is 0.196. The van der Waals surface area contributed by atoms with Crippen LogP contribution in [0, 0.1) is 0 Å². The summed E-state index contributed by atoms with van der Waals surface area (Å²) in [6, 6.07) is 7.51. The lowest BCUT2D eigenvalue weighted by Crippen LogP contribution is -2.49. The van der Waals surface area contributed by atoms with E-state index in [-0.39, 0.29) is 5.91 Å². The van der Waals surface area contributed by atoms with Crippen molar-refractivity contribution in [2.75, 3.05) is 24.3 Å². The van der Waals surface area contributed by atoms with Crippen LogP contribution in [0.4, 0.5) is 0 Å². The topological polar surface area (TPSA) is 54.5 Å². The smallest absolute Gasteiger partial charge is 0.254 e. The van der Waals surface area contributed by atoms with Gasteiger partial charge in [0.1, 0.15) is 5.37 Å². The van der Waals surface area contributed by atoms with Gasteiger partial charge in [-0.1, -0.05) is 0 Å². The Morgan fingerprint density at radius 1 is 1.33 bits per heavy atom. The van der Waals surface area contributed by atoms with Crippen LogP contribution in [-0.2, 0) is 9.84 Å². The van der Waals surface area contributed by atoms with Crippen LogP contribution in [0.3, 0.4) is 0 Å². The fourth-order valence-corrected chi connectivity index (χ4v) is 6.02. The molecule has 3 rings (SSSR count). The molecule has 0 aliphatic carbocycles. The van der Waals surface area contributed by atoms with Gasteiger partial charge in [-0.05, 0) is 35.0 Å². The molecule has 0 N–H and O–H groups in total. The van der Waals surface area contributed by atoms with Gasteiger partial charge < -0.3 is 4.90 Å². The van der Waals surface area contributed by atoms with Crippen LogP contribution in [0.25, 0.3) is 10.1 Å². The normalized spacial score (nSPS) is 19.9. The fourth-order valence-electron chi connectivity index (χ4n) is 2.43. The number of amides is 1. The third kappa shape index (κ3) is 2.95. The lowest BCUT2D eigenvalue weighted by atomic mass is 10.1. The molecule has 1 aliphatic rings. The SMILES string of the molecule is CS(=O)(=O)[C@@H]1CSCCN1C(=O)c1ccc2sccc2c1. The molecular formula is C14H15NO3S3. The lowest BCUT2D eigenvalue weighted by molar-refractivity contribution is 0.0750. The van der Waals surface area contributed by atoms with Crippen molar-refractivity contribution < 1.29 is 13.2 Å². The van der Waals surface area contributed by atoms with E-state index >= 15 is 0 Å². The van der Waals surface area contributed by atoms with E-state index in [4.69, 9.17) is 0 Å². The minimum Gasteiger partial charge on any atom is -0.320 e. The highest BCUT2D eigenvalue weighted by atomic mass is 32.2. The van der Waals surface area contributed by atoms with E-state index in [9.17, 15) is 13.2 Å². The molecular weight excluding hydrogens is 326 g/mol. The number of carbonyl (C=O) groups is 1. The summed E-state index contributed by atoms with van der Waals surface area (Å²) in [5.74, 6) is 1.03. The van der Waals surface area contributed by atoms with Crippen LogP contribution in [-0.4, -0.2) is 48.9 Å². The van der Waals surface area contributed by atoms with E-state index in [0.29, 0.717) is 17.9 Å². The largest absolute Gasteiger partial charge is 0.320 e. The Bertz CT molecular complexity index is 782. The van der Waals surface area contributed by atoms with Crippen molar-refractivity contribution in [3.05, 3.63) is 35.2 Å². The molecule has 2 aromatic rings. The molecule has 2 heterocycles. The summed E-state index contributed by atoms with van der Waals surface area (Å²) in [5, 5.41) is 2.28. The Balaban J connectivity index is 1.95. The number of thioether (sulfide) groups is 1. The van der Waals surface area contributed by atoms with Crippen molar-refractivity contribution in [3.63, 3.8) is 0 Å². The number of benzene rings is 1. The quantitative estimate of drug-likeness (QED) is 0.842. The summed E-state index contributed by atoms with van der Waals surface area (Å²) in [6.07, 6.45) is 1.20. The molecule has 0 saturated carbocycles. The zero-order valence-electron chi connectivity index (χ0n) is 11.5. The van der Waals surface area contributed by atoms with Gasteiger partial charge in [0.25, 0.3) is 5.91 Å². The molecule has 4 nitrogen and oxygen atoms in total. The molecule has 1 aromatic carbocycles. The highest BCUT2D eigenvalue weighted by Gasteiger charge is 2.34. The summed E-state index contributed by atoms with van der Waals surface area (Å²) in [5.41, 5.74) is 0.557. The molecule has 0 spiro atoms. The van der Waals surface area contributed by atoms with Gasteiger partial charge in [-0.2, -0.15) is 11.8 Å². The van der Waals surface area contributed by atoms with Crippen LogP contribution in [0.15, 0.2) is 29.6 Å². The second kappa shape index (κ2) is 5.62. The molecule has 1 aromatic heterocycles. The van der Waals surface area contributed by atoms with Gasteiger partial charge >= 0.3 is 0 Å². The maximum Gasteiger partial charge on any atom is 0.254 e. The first-order valence-corrected chi connectivity index (χ1v) is 10.5. The van der Waals surface area contributed by atoms with Crippen molar-refractivity contribution in [1.82, 2.24) is 4.90 Å². The molecule has 112 valence electrons. The first kappa shape index (κ1) is 14.9. The third-order valence-corrected chi connectivity index (χ3v) is 7.08. The fraction of sp³-hybridized carbons (Fsp3) is 0.357. The summed E-state index contributed by atoms with van der Waals surface area (Å²) in [4.78, 5) is 14.2. The number of sulfone groups is 1. The van der Waals surface area contributed by atoms with Crippen LogP contribution >= 0.6 is 23.1 Å². The minimum atomic E-state index is -3.27. The lowest BCUT2D eigenvalue weighted by Gasteiger charge is -2.34. The van der Waals surface area contributed by atoms with Gasteiger partial charge in [0, 0.05) is 34.6 Å². The Morgan fingerprint density at radius 3 is 2.90 bits per heavy atom. The molecule has 1 fully saturated rings. The number of carbonyl (C=O) groups excluding carboxylic acids is 1. The zero-order valence-corrected chi connectivity index (χ0v) is 13.9. The molecule has 0 bridgehead atoms. The predicted octanol–water partition coefficient (Wildman–Crippen LogP) is 2.46. The first-order valence-electron chi connectivity index (χ1n) is 6.51. The van der Waals surface area contributed by atoms with E-state index < -0.39 is 15.2 Å². The molecule has 7 heteroatoms. The van der Waals surface area contributed by atoms with E-state index in [1.54, 1.807) is 29.2 Å². The van der Waals surface area contributed by atoms with Gasteiger partial charge in [-0.25, -0.2) is 8.42 Å². The van der Waals surface area contributed by atoms with Crippen molar-refractivity contribution in [2.45, 2.75) is 5.37 Å². The van der Waals surface area contributed by atoms with Crippen molar-refractivity contribution >= 4 is 48.9 Å². The zero-order chi connectivity index (χ0) is 15.0. The van der Waals surface area contributed by atoms with Gasteiger partial charge in [0.2, 0.25) is 0 Å². The van der Waals surface area contributed by atoms with Crippen LogP contribution in [0.5, 0.6) is 0 Å². The van der Waals surface area contributed by atoms with E-state index in [2.05, 4.69) is 0 Å². The molecule has 21 heavy (non-hydrogen) atoms. The second-order valence-electron chi connectivity index (χ2n) is 5.03. The summed E-state index contributed by atoms with van der Waals surface area (Å²) >= 11 is 3.20. The Kier molecular flexibility index (Phi) is 3.98. The second-order valence-corrected chi connectivity index (χ2v) is 9.33. The summed E-state index contributed by atoms with van der Waals surface area (Å²) in [7, 11) is -3.27. The van der Waals surface area contributed by atoms with Crippen molar-refractivity contribution in [1.29, 1.82) is 0 Å². The number of rotatable bonds is 2. The molecule has 1 atom stereocenters.